The molecule has 110 valence electrons. The van der Waals surface area contributed by atoms with Gasteiger partial charge in [-0.05, 0) is 27.7 Å². The average Bonchev–Trinajstić information content (AvgIpc) is 3.02. The summed E-state index contributed by atoms with van der Waals surface area (Å²) >= 11 is 0. The first-order chi connectivity index (χ1) is 9.37. The van der Waals surface area contributed by atoms with Crippen LogP contribution >= 0.6 is 0 Å². The summed E-state index contributed by atoms with van der Waals surface area (Å²) in [5.74, 6) is 0. The van der Waals surface area contributed by atoms with E-state index >= 15 is 0 Å². The van der Waals surface area contributed by atoms with E-state index < -0.39 is 0 Å². The molecule has 20 heavy (non-hydrogen) atoms. The van der Waals surface area contributed by atoms with Gasteiger partial charge in [-0.25, -0.2) is 0 Å². The molecule has 0 atom stereocenters. The van der Waals surface area contributed by atoms with Gasteiger partial charge in [0, 0.05) is 17.9 Å². The van der Waals surface area contributed by atoms with Crippen molar-refractivity contribution in [2.75, 3.05) is 13.2 Å². The second-order valence-corrected chi connectivity index (χ2v) is 6.26. The largest absolute Gasteiger partial charge is 0.498 e. The Hall–Kier alpha value is -0.885. The van der Waals surface area contributed by atoms with Crippen molar-refractivity contribution < 1.29 is 18.8 Å². The number of rotatable bonds is 3. The highest BCUT2D eigenvalue weighted by Gasteiger charge is 2.52. The van der Waals surface area contributed by atoms with Gasteiger partial charge in [0.1, 0.15) is 0 Å². The number of ether oxygens (including phenoxy) is 2. The Morgan fingerprint density at radius 1 is 1.20 bits per heavy atom. The summed E-state index contributed by atoms with van der Waals surface area (Å²) in [4.78, 5) is 0. The second-order valence-electron chi connectivity index (χ2n) is 6.26. The molecule has 0 radical (unpaired) electrons. The minimum Gasteiger partial charge on any atom is -0.399 e. The molecule has 0 N–H and O–H groups in total. The van der Waals surface area contributed by atoms with E-state index in [9.17, 15) is 0 Å². The van der Waals surface area contributed by atoms with E-state index in [1.807, 2.05) is 33.9 Å². The van der Waals surface area contributed by atoms with Crippen LogP contribution in [0.4, 0.5) is 0 Å². The van der Waals surface area contributed by atoms with Crippen molar-refractivity contribution in [3.8, 4) is 0 Å². The van der Waals surface area contributed by atoms with Gasteiger partial charge < -0.3 is 18.8 Å². The number of nitrogens with zero attached hydrogens (tertiary/aromatic N) is 2. The van der Waals surface area contributed by atoms with Gasteiger partial charge in [-0.3, -0.25) is 4.68 Å². The van der Waals surface area contributed by atoms with Crippen LogP contribution in [0.2, 0.25) is 0 Å². The summed E-state index contributed by atoms with van der Waals surface area (Å²) < 4.78 is 24.6. The highest BCUT2D eigenvalue weighted by atomic mass is 16.7. The number of aromatic nitrogens is 2. The highest BCUT2D eigenvalue weighted by molar-refractivity contribution is 6.61. The Morgan fingerprint density at radius 3 is 2.40 bits per heavy atom. The molecule has 7 heteroatoms. The van der Waals surface area contributed by atoms with Crippen LogP contribution in [0, 0.1) is 0 Å². The van der Waals surface area contributed by atoms with Gasteiger partial charge in [-0.15, -0.1) is 0 Å². The molecule has 0 unspecified atom stereocenters. The Labute approximate surface area is 119 Å². The zero-order chi connectivity index (χ0) is 14.4. The molecule has 0 amide bonds. The Kier molecular flexibility index (Phi) is 3.40. The molecule has 2 saturated heterocycles. The van der Waals surface area contributed by atoms with Gasteiger partial charge in [0.15, 0.2) is 6.29 Å². The van der Waals surface area contributed by atoms with Crippen LogP contribution in [-0.2, 0) is 25.3 Å². The third kappa shape index (κ3) is 2.51. The predicted octanol–water partition coefficient (Wildman–Crippen LogP) is 0.555. The van der Waals surface area contributed by atoms with Crippen molar-refractivity contribution in [2.24, 2.45) is 0 Å². The predicted molar refractivity (Wildman–Crippen MR) is 73.6 cm³/mol. The van der Waals surface area contributed by atoms with Crippen molar-refractivity contribution in [2.45, 2.75) is 51.7 Å². The van der Waals surface area contributed by atoms with Gasteiger partial charge >= 0.3 is 7.12 Å². The molecule has 0 aromatic carbocycles. The highest BCUT2D eigenvalue weighted by Crippen LogP contribution is 2.36. The minimum atomic E-state index is -0.376. The van der Waals surface area contributed by atoms with Crippen molar-refractivity contribution in [1.82, 2.24) is 9.78 Å². The molecule has 0 saturated carbocycles. The summed E-state index contributed by atoms with van der Waals surface area (Å²) in [5, 5.41) is 4.32. The Bertz CT molecular complexity index is 466. The van der Waals surface area contributed by atoms with Gasteiger partial charge in [0.05, 0.1) is 31.0 Å². The quantitative estimate of drug-likeness (QED) is 0.757. The van der Waals surface area contributed by atoms with E-state index in [2.05, 4.69) is 5.10 Å². The van der Waals surface area contributed by atoms with Crippen LogP contribution in [0.15, 0.2) is 12.4 Å². The lowest BCUT2D eigenvalue weighted by molar-refractivity contribution is -0.0545. The van der Waals surface area contributed by atoms with Crippen molar-refractivity contribution in [3.05, 3.63) is 12.4 Å². The molecule has 2 fully saturated rings. The zero-order valence-corrected chi connectivity index (χ0v) is 12.5. The van der Waals surface area contributed by atoms with Crippen LogP contribution in [-0.4, -0.2) is 47.6 Å². The number of hydrogen-bond acceptors (Lipinski definition) is 5. The fraction of sp³-hybridized carbons (Fsp3) is 0.769. The molecule has 0 bridgehead atoms. The fourth-order valence-corrected chi connectivity index (χ4v) is 2.25. The average molecular weight is 280 g/mol. The standard InChI is InChI=1S/C13H21BN2O4/c1-12(2)13(3,4)20-14(19-12)10-7-15-16(8-10)9-11-17-5-6-18-11/h7-8,11H,5-6,9H2,1-4H3. The summed E-state index contributed by atoms with van der Waals surface area (Å²) in [6.45, 7) is 10.0. The van der Waals surface area contributed by atoms with Gasteiger partial charge in [-0.2, -0.15) is 5.10 Å². The molecule has 2 aliphatic heterocycles. The zero-order valence-electron chi connectivity index (χ0n) is 12.5. The summed E-state index contributed by atoms with van der Waals surface area (Å²) in [5.41, 5.74) is 0.246. The molecular weight excluding hydrogens is 259 g/mol. The van der Waals surface area contributed by atoms with E-state index in [-0.39, 0.29) is 24.6 Å². The first-order valence-corrected chi connectivity index (χ1v) is 6.99. The normalized spacial score (nSPS) is 25.5. The van der Waals surface area contributed by atoms with E-state index in [0.29, 0.717) is 19.8 Å². The molecule has 0 aliphatic carbocycles. The van der Waals surface area contributed by atoms with Gasteiger partial charge in [0.25, 0.3) is 0 Å². The molecular formula is C13H21BN2O4. The lowest BCUT2D eigenvalue weighted by Gasteiger charge is -2.32. The molecule has 1 aromatic heterocycles. The Morgan fingerprint density at radius 2 is 1.80 bits per heavy atom. The van der Waals surface area contributed by atoms with Crippen LogP contribution in [0.25, 0.3) is 0 Å². The van der Waals surface area contributed by atoms with E-state index in [1.54, 1.807) is 10.9 Å². The summed E-state index contributed by atoms with van der Waals surface area (Å²) in [6, 6.07) is 0. The maximum atomic E-state index is 6.00. The van der Waals surface area contributed by atoms with E-state index in [1.165, 1.54) is 0 Å². The van der Waals surface area contributed by atoms with Crippen LogP contribution in [0.5, 0.6) is 0 Å². The topological polar surface area (TPSA) is 54.7 Å². The van der Waals surface area contributed by atoms with Crippen LogP contribution in [0.3, 0.4) is 0 Å². The van der Waals surface area contributed by atoms with Crippen molar-refractivity contribution in [3.63, 3.8) is 0 Å². The monoisotopic (exact) mass is 280 g/mol. The molecule has 2 aliphatic rings. The van der Waals surface area contributed by atoms with Gasteiger partial charge in [-0.1, -0.05) is 0 Å². The smallest absolute Gasteiger partial charge is 0.399 e. The second kappa shape index (κ2) is 4.84. The van der Waals surface area contributed by atoms with Crippen molar-refractivity contribution in [1.29, 1.82) is 0 Å². The van der Waals surface area contributed by atoms with Gasteiger partial charge in [0.2, 0.25) is 0 Å². The summed E-state index contributed by atoms with van der Waals surface area (Å²) in [6.07, 6.45) is 3.49. The van der Waals surface area contributed by atoms with E-state index in [0.717, 1.165) is 5.46 Å². The first kappa shape index (κ1) is 14.1. The molecule has 3 heterocycles. The molecule has 1 aromatic rings. The minimum absolute atomic E-state index is 0.207. The fourth-order valence-electron chi connectivity index (χ4n) is 2.25. The lowest BCUT2D eigenvalue weighted by Crippen LogP contribution is -2.41. The van der Waals surface area contributed by atoms with Crippen molar-refractivity contribution >= 4 is 12.6 Å². The number of hydrogen-bond donors (Lipinski definition) is 0. The first-order valence-electron chi connectivity index (χ1n) is 6.99. The SMILES string of the molecule is CC1(C)OB(c2cnn(CC3OCCO3)c2)OC1(C)C. The maximum absolute atomic E-state index is 6.00. The third-order valence-corrected chi connectivity index (χ3v) is 4.21. The molecule has 0 spiro atoms. The Balaban J connectivity index is 1.68. The van der Waals surface area contributed by atoms with Crippen LogP contribution in [0.1, 0.15) is 27.7 Å². The van der Waals surface area contributed by atoms with E-state index in [4.69, 9.17) is 18.8 Å². The van der Waals surface area contributed by atoms with Crippen LogP contribution < -0.4 is 5.46 Å². The summed E-state index contributed by atoms with van der Waals surface area (Å²) in [7, 11) is -0.376. The molecule has 6 nitrogen and oxygen atoms in total. The third-order valence-electron chi connectivity index (χ3n) is 4.21. The lowest BCUT2D eigenvalue weighted by atomic mass is 9.82. The maximum Gasteiger partial charge on any atom is 0.498 e. The molecule has 3 rings (SSSR count).